The number of hydrazone groups is 1. The number of nitrogens with zero attached hydrogens (tertiary/aromatic N) is 2. The molecular weight excluding hydrogens is 236 g/mol. The van der Waals surface area contributed by atoms with Crippen LogP contribution in [-0.2, 0) is 0 Å². The third-order valence-corrected chi connectivity index (χ3v) is 2.60. The molecule has 0 unspecified atom stereocenters. The summed E-state index contributed by atoms with van der Waals surface area (Å²) in [4.78, 5) is 12.5. The number of carbonyl (C=O) groups excluding carboxylic acids is 1. The first-order valence-corrected chi connectivity index (χ1v) is 6.09. The average Bonchev–Trinajstić information content (AvgIpc) is 2.46. The summed E-state index contributed by atoms with van der Waals surface area (Å²) < 4.78 is 0. The van der Waals surface area contributed by atoms with Gasteiger partial charge in [-0.25, -0.2) is 0 Å². The van der Waals surface area contributed by atoms with Crippen LogP contribution in [0.25, 0.3) is 0 Å². The summed E-state index contributed by atoms with van der Waals surface area (Å²) in [5.74, 6) is -0.0690. The zero-order chi connectivity index (χ0) is 13.7. The zero-order valence-corrected chi connectivity index (χ0v) is 11.1. The van der Waals surface area contributed by atoms with Crippen LogP contribution in [0.2, 0.25) is 0 Å². The molecule has 2 aromatic rings. The van der Waals surface area contributed by atoms with Gasteiger partial charge in [0, 0.05) is 25.2 Å². The molecule has 2 aromatic carbocycles. The second-order valence-corrected chi connectivity index (χ2v) is 4.36. The molecule has 96 valence electrons. The predicted octanol–water partition coefficient (Wildman–Crippen LogP) is 2.84. The molecule has 0 atom stereocenters. The van der Waals surface area contributed by atoms with E-state index >= 15 is 0 Å². The van der Waals surface area contributed by atoms with Crippen molar-refractivity contribution in [2.75, 3.05) is 14.1 Å². The lowest BCUT2D eigenvalue weighted by Gasteiger charge is -2.10. The summed E-state index contributed by atoms with van der Waals surface area (Å²) >= 11 is 0. The highest BCUT2D eigenvalue weighted by molar-refractivity contribution is 6.51. The number of hydrogen-bond acceptors (Lipinski definition) is 3. The van der Waals surface area contributed by atoms with Crippen molar-refractivity contribution < 1.29 is 4.79 Å². The second kappa shape index (κ2) is 5.96. The SMILES string of the molecule is CN(C)/N=C(\C(=O)c1ccccc1)c1ccccc1. The van der Waals surface area contributed by atoms with Crippen molar-refractivity contribution in [3.8, 4) is 0 Å². The molecule has 0 heterocycles. The maximum absolute atomic E-state index is 12.5. The lowest BCUT2D eigenvalue weighted by molar-refractivity contribution is 0.106. The van der Waals surface area contributed by atoms with Crippen molar-refractivity contribution in [1.29, 1.82) is 0 Å². The van der Waals surface area contributed by atoms with Crippen LogP contribution < -0.4 is 0 Å². The minimum absolute atomic E-state index is 0.0690. The molecule has 0 radical (unpaired) electrons. The maximum Gasteiger partial charge on any atom is 0.213 e. The number of Topliss-reactive ketones (excluding diaryl/α,β-unsaturated/α-hetero) is 1. The standard InChI is InChI=1S/C16H16N2O/c1-18(2)17-15(13-9-5-3-6-10-13)16(19)14-11-7-4-8-12-14/h3-12H,1-2H3/b17-15-. The van der Waals surface area contributed by atoms with E-state index in [2.05, 4.69) is 5.10 Å². The number of carbonyl (C=O) groups is 1. The Bertz CT molecular complexity index is 574. The highest BCUT2D eigenvalue weighted by atomic mass is 16.1. The first-order chi connectivity index (χ1) is 9.18. The van der Waals surface area contributed by atoms with E-state index in [1.165, 1.54) is 0 Å². The lowest BCUT2D eigenvalue weighted by atomic mass is 10.0. The van der Waals surface area contributed by atoms with Crippen molar-refractivity contribution in [1.82, 2.24) is 5.01 Å². The molecule has 0 amide bonds. The Balaban J connectivity index is 2.43. The van der Waals surface area contributed by atoms with E-state index in [9.17, 15) is 4.79 Å². The molecule has 3 nitrogen and oxygen atoms in total. The lowest BCUT2D eigenvalue weighted by Crippen LogP contribution is -2.19. The minimum atomic E-state index is -0.0690. The van der Waals surface area contributed by atoms with Crippen molar-refractivity contribution >= 4 is 11.5 Å². The highest BCUT2D eigenvalue weighted by Gasteiger charge is 2.16. The van der Waals surface area contributed by atoms with E-state index in [-0.39, 0.29) is 5.78 Å². The van der Waals surface area contributed by atoms with Crippen LogP contribution in [0.1, 0.15) is 15.9 Å². The molecule has 0 aliphatic heterocycles. The van der Waals surface area contributed by atoms with E-state index in [4.69, 9.17) is 0 Å². The van der Waals surface area contributed by atoms with Crippen LogP contribution in [0.5, 0.6) is 0 Å². The van der Waals surface area contributed by atoms with Gasteiger partial charge in [0.2, 0.25) is 5.78 Å². The number of ketones is 1. The van der Waals surface area contributed by atoms with E-state index in [1.54, 1.807) is 31.2 Å². The number of benzene rings is 2. The molecule has 0 N–H and O–H groups in total. The molecule has 0 saturated carbocycles. The van der Waals surface area contributed by atoms with Gasteiger partial charge in [0.15, 0.2) is 0 Å². The smallest absolute Gasteiger partial charge is 0.213 e. The average molecular weight is 252 g/mol. The number of rotatable bonds is 4. The van der Waals surface area contributed by atoms with Gasteiger partial charge in [0.1, 0.15) is 5.71 Å². The molecule has 2 rings (SSSR count). The van der Waals surface area contributed by atoms with Crippen LogP contribution in [0, 0.1) is 0 Å². The van der Waals surface area contributed by atoms with Gasteiger partial charge in [0.05, 0.1) is 0 Å². The summed E-state index contributed by atoms with van der Waals surface area (Å²) in [5, 5.41) is 5.97. The summed E-state index contributed by atoms with van der Waals surface area (Å²) in [6.45, 7) is 0. The molecule has 0 aromatic heterocycles. The molecule has 19 heavy (non-hydrogen) atoms. The van der Waals surface area contributed by atoms with E-state index in [0.29, 0.717) is 11.3 Å². The maximum atomic E-state index is 12.5. The van der Waals surface area contributed by atoms with Gasteiger partial charge in [-0.05, 0) is 0 Å². The minimum Gasteiger partial charge on any atom is -0.302 e. The number of hydrogen-bond donors (Lipinski definition) is 0. The van der Waals surface area contributed by atoms with Gasteiger partial charge in [-0.15, -0.1) is 0 Å². The molecule has 0 bridgehead atoms. The zero-order valence-electron chi connectivity index (χ0n) is 11.1. The van der Waals surface area contributed by atoms with Gasteiger partial charge < -0.3 is 5.01 Å². The molecule has 0 saturated heterocycles. The van der Waals surface area contributed by atoms with Gasteiger partial charge in [-0.1, -0.05) is 60.7 Å². The molecule has 3 heteroatoms. The Kier molecular flexibility index (Phi) is 4.08. The predicted molar refractivity (Wildman–Crippen MR) is 77.4 cm³/mol. The molecular formula is C16H16N2O. The van der Waals surface area contributed by atoms with Crippen molar-refractivity contribution in [2.45, 2.75) is 0 Å². The van der Waals surface area contributed by atoms with Crippen molar-refractivity contribution in [3.05, 3.63) is 71.8 Å². The Labute approximate surface area is 113 Å². The Hall–Kier alpha value is -2.42. The van der Waals surface area contributed by atoms with Crippen molar-refractivity contribution in [3.63, 3.8) is 0 Å². The summed E-state index contributed by atoms with van der Waals surface area (Å²) in [6.07, 6.45) is 0. The van der Waals surface area contributed by atoms with Crippen molar-refractivity contribution in [2.24, 2.45) is 5.10 Å². The van der Waals surface area contributed by atoms with Crippen LogP contribution >= 0.6 is 0 Å². The van der Waals surface area contributed by atoms with Crippen LogP contribution in [0.3, 0.4) is 0 Å². The van der Waals surface area contributed by atoms with Crippen LogP contribution in [0.4, 0.5) is 0 Å². The first kappa shape index (κ1) is 13.0. The van der Waals surface area contributed by atoms with Gasteiger partial charge in [-0.2, -0.15) is 5.10 Å². The molecule has 0 spiro atoms. The molecule has 0 aliphatic carbocycles. The van der Waals surface area contributed by atoms with Gasteiger partial charge in [0.25, 0.3) is 0 Å². The third kappa shape index (κ3) is 3.28. The molecule has 0 fully saturated rings. The molecule has 0 aliphatic rings. The first-order valence-electron chi connectivity index (χ1n) is 6.09. The fraction of sp³-hybridized carbons (Fsp3) is 0.125. The van der Waals surface area contributed by atoms with E-state index in [0.717, 1.165) is 5.56 Å². The van der Waals surface area contributed by atoms with E-state index in [1.807, 2.05) is 48.5 Å². The Morgan fingerprint density at radius 3 is 1.79 bits per heavy atom. The Morgan fingerprint density at radius 1 is 0.842 bits per heavy atom. The van der Waals surface area contributed by atoms with Gasteiger partial charge in [-0.3, -0.25) is 4.79 Å². The fourth-order valence-electron chi connectivity index (χ4n) is 1.76. The summed E-state index contributed by atoms with van der Waals surface area (Å²) in [5.41, 5.74) is 1.92. The largest absolute Gasteiger partial charge is 0.302 e. The quantitative estimate of drug-likeness (QED) is 0.476. The second-order valence-electron chi connectivity index (χ2n) is 4.36. The normalized spacial score (nSPS) is 11.2. The summed E-state index contributed by atoms with van der Waals surface area (Å²) in [6, 6.07) is 18.7. The van der Waals surface area contributed by atoms with Crippen LogP contribution in [-0.4, -0.2) is 30.6 Å². The highest BCUT2D eigenvalue weighted by Crippen LogP contribution is 2.09. The van der Waals surface area contributed by atoms with E-state index < -0.39 is 0 Å². The summed E-state index contributed by atoms with van der Waals surface area (Å²) in [7, 11) is 3.61. The fourth-order valence-corrected chi connectivity index (χ4v) is 1.76. The Morgan fingerprint density at radius 2 is 1.32 bits per heavy atom. The third-order valence-electron chi connectivity index (χ3n) is 2.60. The van der Waals surface area contributed by atoms with Crippen LogP contribution in [0.15, 0.2) is 65.8 Å². The topological polar surface area (TPSA) is 32.7 Å². The van der Waals surface area contributed by atoms with Gasteiger partial charge >= 0.3 is 0 Å². The monoisotopic (exact) mass is 252 g/mol.